The Kier molecular flexibility index (Phi) is 8.42. The highest BCUT2D eigenvalue weighted by atomic mass is 35.5. The van der Waals surface area contributed by atoms with E-state index < -0.39 is 29.2 Å². The Labute approximate surface area is 214 Å². The van der Waals surface area contributed by atoms with Gasteiger partial charge in [-0.05, 0) is 59.7 Å². The highest BCUT2D eigenvalue weighted by Gasteiger charge is 2.30. The van der Waals surface area contributed by atoms with Gasteiger partial charge in [0.25, 0.3) is 5.91 Å². The number of aromatic carboxylic acids is 1. The molecular formula is C26H18ClF3N2O5. The molecule has 0 spiro atoms. The number of carbonyl (C=O) groups is 2. The number of alkyl halides is 3. The van der Waals surface area contributed by atoms with Gasteiger partial charge in [-0.15, -0.1) is 0 Å². The molecule has 0 aromatic heterocycles. The van der Waals surface area contributed by atoms with Crippen LogP contribution in [-0.4, -0.2) is 24.1 Å². The third-order valence-corrected chi connectivity index (χ3v) is 5.21. The van der Waals surface area contributed by atoms with Crippen LogP contribution in [0.4, 0.5) is 18.9 Å². The maximum Gasteiger partial charge on any atom is 0.416 e. The van der Waals surface area contributed by atoms with Crippen molar-refractivity contribution in [2.45, 2.75) is 12.8 Å². The van der Waals surface area contributed by atoms with Crippen LogP contribution in [0, 0.1) is 11.3 Å². The standard InChI is InChI=1S/C26H18ClF3N2O5/c1-36-22-11-16(10-21(27)23(22)37-14-15-4-2-5-17(8-15)25(34)35)9-18(13-31)24(33)32-20-7-3-6-19(12-20)26(28,29)30/h2-12H,14H2,1H3,(H,32,33)(H,34,35)/b18-9-. The van der Waals surface area contributed by atoms with E-state index >= 15 is 0 Å². The molecule has 0 saturated carbocycles. The number of benzene rings is 3. The maximum absolute atomic E-state index is 12.9. The molecule has 3 rings (SSSR count). The molecule has 0 unspecified atom stereocenters. The van der Waals surface area contributed by atoms with Gasteiger partial charge < -0.3 is 19.9 Å². The van der Waals surface area contributed by atoms with E-state index in [4.69, 9.17) is 26.2 Å². The summed E-state index contributed by atoms with van der Waals surface area (Å²) in [7, 11) is 1.35. The van der Waals surface area contributed by atoms with Crippen LogP contribution in [0.1, 0.15) is 27.0 Å². The van der Waals surface area contributed by atoms with Gasteiger partial charge in [-0.2, -0.15) is 18.4 Å². The first kappa shape index (κ1) is 27.1. The first-order chi connectivity index (χ1) is 17.5. The topological polar surface area (TPSA) is 109 Å². The van der Waals surface area contributed by atoms with E-state index in [0.29, 0.717) is 5.56 Å². The number of carboxylic acids is 1. The Morgan fingerprint density at radius 3 is 2.51 bits per heavy atom. The summed E-state index contributed by atoms with van der Waals surface area (Å²) in [6.07, 6.45) is -3.40. The van der Waals surface area contributed by atoms with Crippen molar-refractivity contribution in [1.29, 1.82) is 5.26 Å². The molecule has 0 heterocycles. The fraction of sp³-hybridized carbons (Fsp3) is 0.115. The number of hydrogen-bond acceptors (Lipinski definition) is 5. The van der Waals surface area contributed by atoms with Gasteiger partial charge in [-0.25, -0.2) is 4.79 Å². The van der Waals surface area contributed by atoms with E-state index in [-0.39, 0.29) is 39.9 Å². The predicted octanol–water partition coefficient (Wildman–Crippen LogP) is 6.19. The largest absolute Gasteiger partial charge is 0.493 e. The summed E-state index contributed by atoms with van der Waals surface area (Å²) in [4.78, 5) is 23.7. The molecule has 1 amide bonds. The predicted molar refractivity (Wildman–Crippen MR) is 129 cm³/mol. The molecule has 0 aliphatic heterocycles. The molecule has 0 aliphatic rings. The molecule has 2 N–H and O–H groups in total. The Morgan fingerprint density at radius 1 is 1.14 bits per heavy atom. The summed E-state index contributed by atoms with van der Waals surface area (Å²) in [5.41, 5.74) is -0.526. The van der Waals surface area contributed by atoms with Gasteiger partial charge >= 0.3 is 12.1 Å². The van der Waals surface area contributed by atoms with Crippen molar-refractivity contribution in [1.82, 2.24) is 0 Å². The Bertz CT molecular complexity index is 1410. The van der Waals surface area contributed by atoms with Crippen molar-refractivity contribution in [3.05, 3.63) is 93.5 Å². The highest BCUT2D eigenvalue weighted by Crippen LogP contribution is 2.37. The summed E-state index contributed by atoms with van der Waals surface area (Å²) in [6.45, 7) is -0.0186. The number of anilines is 1. The number of carboxylic acid groups (broad SMARTS) is 1. The minimum absolute atomic E-state index is 0.0186. The van der Waals surface area contributed by atoms with Gasteiger partial charge in [-0.3, -0.25) is 4.79 Å². The number of rotatable bonds is 8. The van der Waals surface area contributed by atoms with Crippen LogP contribution in [0.15, 0.2) is 66.2 Å². The zero-order valence-electron chi connectivity index (χ0n) is 19.1. The number of nitrogens with zero attached hydrogens (tertiary/aromatic N) is 1. The number of nitrogens with one attached hydrogen (secondary N) is 1. The van der Waals surface area contributed by atoms with Crippen molar-refractivity contribution in [2.24, 2.45) is 0 Å². The molecular weight excluding hydrogens is 513 g/mol. The van der Waals surface area contributed by atoms with E-state index in [1.807, 2.05) is 0 Å². The molecule has 11 heteroatoms. The zero-order valence-corrected chi connectivity index (χ0v) is 19.9. The van der Waals surface area contributed by atoms with Crippen LogP contribution >= 0.6 is 11.6 Å². The second-order valence-corrected chi connectivity index (χ2v) is 7.94. The highest BCUT2D eigenvalue weighted by molar-refractivity contribution is 6.32. The van der Waals surface area contributed by atoms with Crippen LogP contribution in [0.25, 0.3) is 6.08 Å². The third-order valence-electron chi connectivity index (χ3n) is 4.93. The lowest BCUT2D eigenvalue weighted by atomic mass is 10.1. The molecule has 0 bridgehead atoms. The first-order valence-electron chi connectivity index (χ1n) is 10.4. The van der Waals surface area contributed by atoms with Crippen molar-refractivity contribution >= 4 is 35.2 Å². The van der Waals surface area contributed by atoms with Crippen molar-refractivity contribution in [2.75, 3.05) is 12.4 Å². The van der Waals surface area contributed by atoms with Gasteiger partial charge in [0, 0.05) is 5.69 Å². The lowest BCUT2D eigenvalue weighted by Gasteiger charge is -2.14. The van der Waals surface area contributed by atoms with Crippen molar-refractivity contribution in [3.8, 4) is 17.6 Å². The normalized spacial score (nSPS) is 11.4. The molecule has 0 radical (unpaired) electrons. The molecule has 0 fully saturated rings. The molecule has 37 heavy (non-hydrogen) atoms. The molecule has 0 atom stereocenters. The third kappa shape index (κ3) is 7.02. The quantitative estimate of drug-likeness (QED) is 0.265. The van der Waals surface area contributed by atoms with Gasteiger partial charge in [0.05, 0.1) is 23.3 Å². The average Bonchev–Trinajstić information content (AvgIpc) is 2.86. The van der Waals surface area contributed by atoms with Crippen LogP contribution < -0.4 is 14.8 Å². The average molecular weight is 531 g/mol. The lowest BCUT2D eigenvalue weighted by Crippen LogP contribution is -2.14. The van der Waals surface area contributed by atoms with Gasteiger partial charge in [0.1, 0.15) is 18.2 Å². The van der Waals surface area contributed by atoms with Crippen molar-refractivity contribution in [3.63, 3.8) is 0 Å². The second kappa shape index (κ2) is 11.5. The zero-order chi connectivity index (χ0) is 27.2. The lowest BCUT2D eigenvalue weighted by molar-refractivity contribution is -0.137. The molecule has 0 saturated heterocycles. The van der Waals surface area contributed by atoms with Crippen LogP contribution in [-0.2, 0) is 17.6 Å². The van der Waals surface area contributed by atoms with E-state index in [1.54, 1.807) is 18.2 Å². The summed E-state index contributed by atoms with van der Waals surface area (Å²) in [5.74, 6) is -1.69. The van der Waals surface area contributed by atoms with E-state index in [9.17, 15) is 28.0 Å². The number of ether oxygens (including phenoxy) is 2. The smallest absolute Gasteiger partial charge is 0.416 e. The SMILES string of the molecule is COc1cc(/C=C(/C#N)C(=O)Nc2cccc(C(F)(F)F)c2)cc(Cl)c1OCc1cccc(C(=O)O)c1. The number of halogens is 4. The fourth-order valence-corrected chi connectivity index (χ4v) is 3.47. The van der Waals surface area contributed by atoms with Crippen LogP contribution in [0.5, 0.6) is 11.5 Å². The van der Waals surface area contributed by atoms with E-state index in [2.05, 4.69) is 5.32 Å². The molecule has 0 aliphatic carbocycles. The van der Waals surface area contributed by atoms with E-state index in [1.165, 1.54) is 43.5 Å². The van der Waals surface area contributed by atoms with Crippen molar-refractivity contribution < 1.29 is 37.3 Å². The van der Waals surface area contributed by atoms with Crippen LogP contribution in [0.2, 0.25) is 5.02 Å². The van der Waals surface area contributed by atoms with Gasteiger partial charge in [0.2, 0.25) is 0 Å². The summed E-state index contributed by atoms with van der Waals surface area (Å²) < 4.78 is 49.8. The number of amides is 1. The summed E-state index contributed by atoms with van der Waals surface area (Å²) in [5, 5.41) is 20.9. The first-order valence-corrected chi connectivity index (χ1v) is 10.8. The Balaban J connectivity index is 1.82. The molecule has 7 nitrogen and oxygen atoms in total. The Hall–Kier alpha value is -4.49. The molecule has 3 aromatic carbocycles. The minimum atomic E-state index is -4.59. The Morgan fingerprint density at radius 2 is 1.86 bits per heavy atom. The summed E-state index contributed by atoms with van der Waals surface area (Å²) >= 11 is 6.34. The number of methoxy groups -OCH3 is 1. The summed E-state index contributed by atoms with van der Waals surface area (Å²) in [6, 6.07) is 14.7. The van der Waals surface area contributed by atoms with Gasteiger partial charge in [0.15, 0.2) is 11.5 Å². The second-order valence-electron chi connectivity index (χ2n) is 7.53. The number of nitriles is 1. The molecule has 190 valence electrons. The maximum atomic E-state index is 12.9. The minimum Gasteiger partial charge on any atom is -0.493 e. The van der Waals surface area contributed by atoms with E-state index in [0.717, 1.165) is 18.2 Å². The molecule has 3 aromatic rings. The number of carbonyl (C=O) groups excluding carboxylic acids is 1. The fourth-order valence-electron chi connectivity index (χ4n) is 3.20. The monoisotopic (exact) mass is 530 g/mol. The number of hydrogen-bond donors (Lipinski definition) is 2. The van der Waals surface area contributed by atoms with Crippen LogP contribution in [0.3, 0.4) is 0 Å². The van der Waals surface area contributed by atoms with Gasteiger partial charge in [-0.1, -0.05) is 29.8 Å².